The van der Waals surface area contributed by atoms with Gasteiger partial charge >= 0.3 is 11.9 Å². The third-order valence-corrected chi connectivity index (χ3v) is 8.93. The molecule has 0 saturated carbocycles. The Hall–Kier alpha value is -2.18. The van der Waals surface area contributed by atoms with E-state index in [1.807, 2.05) is 0 Å². The predicted molar refractivity (Wildman–Crippen MR) is 215 cm³/mol. The molecule has 0 saturated heterocycles. The molecule has 0 amide bonds. The molecule has 290 valence electrons. The molecule has 2 N–H and O–H groups in total. The average Bonchev–Trinajstić information content (AvgIpc) is 3.12. The van der Waals surface area contributed by atoms with Crippen LogP contribution in [0, 0.1) is 0 Å². The van der Waals surface area contributed by atoms with Gasteiger partial charge in [0.05, 0.1) is 26.1 Å². The van der Waals surface area contributed by atoms with Crippen molar-refractivity contribution in [2.75, 3.05) is 39.4 Å². The van der Waals surface area contributed by atoms with E-state index in [4.69, 9.17) is 15.2 Å². The summed E-state index contributed by atoms with van der Waals surface area (Å²) in [5.74, 6) is -0.343. The van der Waals surface area contributed by atoms with Crippen molar-refractivity contribution < 1.29 is 19.1 Å². The number of carbonyl (C=O) groups excluding carboxylic acids is 2. The molecule has 0 aliphatic carbocycles. The molecule has 0 heterocycles. The maximum atomic E-state index is 12.2. The third-order valence-electron chi connectivity index (χ3n) is 8.93. The molecule has 0 aromatic heterocycles. The molecule has 0 fully saturated rings. The highest BCUT2D eigenvalue weighted by Crippen LogP contribution is 2.10. The molecule has 6 heteroatoms. The first-order valence-corrected chi connectivity index (χ1v) is 21.0. The summed E-state index contributed by atoms with van der Waals surface area (Å²) in [6.07, 6.45) is 47.7. The SMILES string of the molecule is CCCCC/C=C\C/C=C\CCCCCCCCOC(=O)CCN(CCN)CCC(=O)OCCCCCCCC/C=C\C/C=C\CCCCC. The molecule has 0 bridgehead atoms. The van der Waals surface area contributed by atoms with Crippen LogP contribution in [-0.4, -0.2) is 56.2 Å². The van der Waals surface area contributed by atoms with Crippen molar-refractivity contribution in [3.63, 3.8) is 0 Å². The zero-order chi connectivity index (χ0) is 36.4. The summed E-state index contributed by atoms with van der Waals surface area (Å²) in [5, 5.41) is 0. The minimum Gasteiger partial charge on any atom is -0.466 e. The highest BCUT2D eigenvalue weighted by atomic mass is 16.5. The summed E-state index contributed by atoms with van der Waals surface area (Å²) >= 11 is 0. The minimum absolute atomic E-state index is 0.172. The van der Waals surface area contributed by atoms with Crippen molar-refractivity contribution >= 4 is 11.9 Å². The molecule has 0 unspecified atom stereocenters. The summed E-state index contributed by atoms with van der Waals surface area (Å²) in [5.41, 5.74) is 5.77. The predicted octanol–water partition coefficient (Wildman–Crippen LogP) is 11.7. The number of carbonyl (C=O) groups is 2. The Morgan fingerprint density at radius 1 is 0.460 bits per heavy atom. The van der Waals surface area contributed by atoms with E-state index < -0.39 is 0 Å². The number of hydrogen-bond donors (Lipinski definition) is 1. The summed E-state index contributed by atoms with van der Waals surface area (Å²) in [7, 11) is 0. The van der Waals surface area contributed by atoms with Crippen LogP contribution in [0.5, 0.6) is 0 Å². The van der Waals surface area contributed by atoms with Crippen LogP contribution in [0.4, 0.5) is 0 Å². The lowest BCUT2D eigenvalue weighted by Gasteiger charge is -2.20. The van der Waals surface area contributed by atoms with Gasteiger partial charge < -0.3 is 20.1 Å². The number of nitrogens with zero attached hydrogens (tertiary/aromatic N) is 1. The van der Waals surface area contributed by atoms with Crippen LogP contribution in [0.2, 0.25) is 0 Å². The fraction of sp³-hybridized carbons (Fsp3) is 0.773. The van der Waals surface area contributed by atoms with Crippen LogP contribution in [0.1, 0.15) is 181 Å². The zero-order valence-electron chi connectivity index (χ0n) is 32.9. The summed E-state index contributed by atoms with van der Waals surface area (Å²) in [6.45, 7) is 7.72. The van der Waals surface area contributed by atoms with Gasteiger partial charge in [0.1, 0.15) is 0 Å². The molecular formula is C44H80N2O4. The normalized spacial score (nSPS) is 12.1. The highest BCUT2D eigenvalue weighted by Gasteiger charge is 2.12. The molecule has 0 spiro atoms. The van der Waals surface area contributed by atoms with Gasteiger partial charge in [0.15, 0.2) is 0 Å². The fourth-order valence-electron chi connectivity index (χ4n) is 5.71. The second kappa shape index (κ2) is 41.2. The van der Waals surface area contributed by atoms with Crippen molar-refractivity contribution in [3.05, 3.63) is 48.6 Å². The lowest BCUT2D eigenvalue weighted by Crippen LogP contribution is -2.34. The van der Waals surface area contributed by atoms with Gasteiger partial charge in [-0.1, -0.05) is 140 Å². The minimum atomic E-state index is -0.172. The Morgan fingerprint density at radius 3 is 1.16 bits per heavy atom. The standard InChI is InChI=1S/C44H80N2O4/c1-3-5-7-9-11-13-15-17-19-21-23-25-27-29-31-33-41-49-43(47)35-38-46(40-37-45)39-36-44(48)50-42-34-32-30-28-26-24-22-20-18-16-14-12-10-8-6-4-2/h11-14,17-20H,3-10,15-16,21-42,45H2,1-2H3/b13-11-,14-12-,19-17-,20-18-. The van der Waals surface area contributed by atoms with Crippen LogP contribution in [0.25, 0.3) is 0 Å². The smallest absolute Gasteiger partial charge is 0.307 e. The first-order chi connectivity index (χ1) is 24.6. The molecule has 6 nitrogen and oxygen atoms in total. The number of rotatable bonds is 38. The first-order valence-electron chi connectivity index (χ1n) is 21.0. The van der Waals surface area contributed by atoms with Crippen molar-refractivity contribution in [2.45, 2.75) is 181 Å². The monoisotopic (exact) mass is 701 g/mol. The van der Waals surface area contributed by atoms with E-state index in [2.05, 4.69) is 67.4 Å². The quantitative estimate of drug-likeness (QED) is 0.0392. The molecule has 0 radical (unpaired) electrons. The lowest BCUT2D eigenvalue weighted by atomic mass is 10.1. The molecule has 50 heavy (non-hydrogen) atoms. The second-order valence-corrected chi connectivity index (χ2v) is 13.7. The van der Waals surface area contributed by atoms with Crippen LogP contribution in [0.3, 0.4) is 0 Å². The molecule has 0 rings (SSSR count). The molecular weight excluding hydrogens is 620 g/mol. The second-order valence-electron chi connectivity index (χ2n) is 13.7. The average molecular weight is 701 g/mol. The Morgan fingerprint density at radius 2 is 0.800 bits per heavy atom. The van der Waals surface area contributed by atoms with Crippen molar-refractivity contribution in [2.24, 2.45) is 5.73 Å². The fourth-order valence-corrected chi connectivity index (χ4v) is 5.71. The highest BCUT2D eigenvalue weighted by molar-refractivity contribution is 5.70. The molecule has 0 aliphatic heterocycles. The number of allylic oxidation sites excluding steroid dienone is 8. The van der Waals surface area contributed by atoms with Crippen LogP contribution in [0.15, 0.2) is 48.6 Å². The molecule has 0 atom stereocenters. The Labute approximate surface area is 309 Å². The number of unbranched alkanes of at least 4 members (excludes halogenated alkanes) is 18. The Kier molecular flexibility index (Phi) is 39.4. The number of esters is 2. The van der Waals surface area contributed by atoms with E-state index in [0.717, 1.165) is 38.5 Å². The van der Waals surface area contributed by atoms with Gasteiger partial charge in [-0.25, -0.2) is 0 Å². The Bertz CT molecular complexity index is 785. The van der Waals surface area contributed by atoms with Gasteiger partial charge in [-0.3, -0.25) is 9.59 Å². The molecule has 0 aromatic rings. The van der Waals surface area contributed by atoms with E-state index in [0.29, 0.717) is 52.2 Å². The van der Waals surface area contributed by atoms with Crippen molar-refractivity contribution in [3.8, 4) is 0 Å². The van der Waals surface area contributed by atoms with Gasteiger partial charge in [0.25, 0.3) is 0 Å². The van der Waals surface area contributed by atoms with Gasteiger partial charge in [0, 0.05) is 26.2 Å². The van der Waals surface area contributed by atoms with E-state index in [-0.39, 0.29) is 11.9 Å². The van der Waals surface area contributed by atoms with E-state index in [1.165, 1.54) is 116 Å². The summed E-state index contributed by atoms with van der Waals surface area (Å²) in [4.78, 5) is 26.6. The Balaban J connectivity index is 3.66. The largest absolute Gasteiger partial charge is 0.466 e. The summed E-state index contributed by atoms with van der Waals surface area (Å²) < 4.78 is 10.9. The molecule has 0 aromatic carbocycles. The third kappa shape index (κ3) is 38.6. The van der Waals surface area contributed by atoms with Crippen molar-refractivity contribution in [1.82, 2.24) is 4.90 Å². The first kappa shape index (κ1) is 47.8. The van der Waals surface area contributed by atoms with E-state index in [1.54, 1.807) is 0 Å². The van der Waals surface area contributed by atoms with E-state index >= 15 is 0 Å². The van der Waals surface area contributed by atoms with Gasteiger partial charge in [-0.15, -0.1) is 0 Å². The van der Waals surface area contributed by atoms with E-state index in [9.17, 15) is 9.59 Å². The number of ether oxygens (including phenoxy) is 2. The zero-order valence-corrected chi connectivity index (χ0v) is 32.9. The number of hydrogen-bond acceptors (Lipinski definition) is 6. The lowest BCUT2D eigenvalue weighted by molar-refractivity contribution is -0.144. The van der Waals surface area contributed by atoms with Crippen LogP contribution < -0.4 is 5.73 Å². The number of nitrogens with two attached hydrogens (primary N) is 1. The maximum Gasteiger partial charge on any atom is 0.307 e. The summed E-state index contributed by atoms with van der Waals surface area (Å²) in [6, 6.07) is 0. The topological polar surface area (TPSA) is 81.9 Å². The van der Waals surface area contributed by atoms with Gasteiger partial charge in [-0.05, 0) is 77.0 Å². The van der Waals surface area contributed by atoms with Crippen LogP contribution in [-0.2, 0) is 19.1 Å². The molecule has 0 aliphatic rings. The van der Waals surface area contributed by atoms with Crippen LogP contribution >= 0.6 is 0 Å². The maximum absolute atomic E-state index is 12.2. The van der Waals surface area contributed by atoms with Crippen molar-refractivity contribution in [1.29, 1.82) is 0 Å². The van der Waals surface area contributed by atoms with Gasteiger partial charge in [0.2, 0.25) is 0 Å². The van der Waals surface area contributed by atoms with Gasteiger partial charge in [-0.2, -0.15) is 0 Å².